The van der Waals surface area contributed by atoms with Crippen LogP contribution >= 0.6 is 0 Å². The van der Waals surface area contributed by atoms with E-state index in [1.807, 2.05) is 53.4 Å². The lowest BCUT2D eigenvalue weighted by molar-refractivity contribution is -0.385. The van der Waals surface area contributed by atoms with Gasteiger partial charge in [-0.2, -0.15) is 0 Å². The molecule has 180 valence electrons. The average Bonchev–Trinajstić information content (AvgIpc) is 3.16. The van der Waals surface area contributed by atoms with Crippen molar-refractivity contribution in [2.45, 2.75) is 31.6 Å². The molecule has 0 aromatic heterocycles. The van der Waals surface area contributed by atoms with Gasteiger partial charge in [-0.25, -0.2) is 0 Å². The van der Waals surface area contributed by atoms with Crippen molar-refractivity contribution in [3.8, 4) is 11.5 Å². The fourth-order valence-corrected chi connectivity index (χ4v) is 5.21. The molecule has 0 bridgehead atoms. The number of nitrogens with zero attached hydrogens (tertiary/aromatic N) is 3. The van der Waals surface area contributed by atoms with E-state index in [1.165, 1.54) is 6.07 Å². The fourth-order valence-electron chi connectivity index (χ4n) is 5.21. The van der Waals surface area contributed by atoms with E-state index in [-0.39, 0.29) is 17.6 Å². The van der Waals surface area contributed by atoms with Gasteiger partial charge in [0.15, 0.2) is 11.5 Å². The summed E-state index contributed by atoms with van der Waals surface area (Å²) in [5.41, 5.74) is 4.02. The molecule has 35 heavy (non-hydrogen) atoms. The maximum atomic E-state index is 13.7. The van der Waals surface area contributed by atoms with Crippen molar-refractivity contribution in [1.82, 2.24) is 9.80 Å². The van der Waals surface area contributed by atoms with Gasteiger partial charge >= 0.3 is 0 Å². The lowest BCUT2D eigenvalue weighted by Gasteiger charge is -2.35. The fraction of sp³-hybridized carbons (Fsp3) is 0.296. The number of hydrogen-bond acceptors (Lipinski definition) is 6. The SMILES string of the molecule is COc1cc2c(cc1OC)CN1[C@H](c3cccc([N+](=O)[O-])c3)N(CCc3ccccc3)C(=O)[C@@H]1C2. The molecule has 5 rings (SSSR count). The van der Waals surface area contributed by atoms with E-state index in [4.69, 9.17) is 9.47 Å². The van der Waals surface area contributed by atoms with Crippen molar-refractivity contribution < 1.29 is 19.2 Å². The maximum absolute atomic E-state index is 13.7. The number of rotatable bonds is 7. The van der Waals surface area contributed by atoms with Gasteiger partial charge in [0.25, 0.3) is 5.69 Å². The zero-order valence-corrected chi connectivity index (χ0v) is 19.7. The van der Waals surface area contributed by atoms with Crippen LogP contribution in [0, 0.1) is 10.1 Å². The number of fused-ring (bicyclic) bond motifs is 2. The Morgan fingerprint density at radius 2 is 1.69 bits per heavy atom. The first-order valence-corrected chi connectivity index (χ1v) is 11.6. The van der Waals surface area contributed by atoms with Crippen molar-refractivity contribution >= 4 is 11.6 Å². The van der Waals surface area contributed by atoms with Crippen LogP contribution in [0.2, 0.25) is 0 Å². The first kappa shape index (κ1) is 22.9. The van der Waals surface area contributed by atoms with Crippen LogP contribution in [0.15, 0.2) is 66.7 Å². The number of hydrogen-bond donors (Lipinski definition) is 0. The van der Waals surface area contributed by atoms with Gasteiger partial charge in [-0.1, -0.05) is 42.5 Å². The number of ether oxygens (including phenoxy) is 2. The maximum Gasteiger partial charge on any atom is 0.269 e. The Morgan fingerprint density at radius 3 is 2.37 bits per heavy atom. The number of nitro benzene ring substituents is 1. The number of carbonyl (C=O) groups is 1. The highest BCUT2D eigenvalue weighted by molar-refractivity contribution is 5.85. The topological polar surface area (TPSA) is 85.2 Å². The molecule has 2 aliphatic heterocycles. The molecule has 3 aromatic carbocycles. The van der Waals surface area contributed by atoms with Crippen molar-refractivity contribution in [2.75, 3.05) is 20.8 Å². The molecule has 0 aliphatic carbocycles. The number of amides is 1. The van der Waals surface area contributed by atoms with E-state index in [1.54, 1.807) is 26.4 Å². The van der Waals surface area contributed by atoms with Crippen molar-refractivity contribution in [1.29, 1.82) is 0 Å². The van der Waals surface area contributed by atoms with Crippen LogP contribution in [0.5, 0.6) is 11.5 Å². The van der Waals surface area contributed by atoms with Gasteiger partial charge in [0.2, 0.25) is 5.91 Å². The molecule has 3 aromatic rings. The van der Waals surface area contributed by atoms with Crippen molar-refractivity contribution in [2.24, 2.45) is 0 Å². The quantitative estimate of drug-likeness (QED) is 0.379. The molecule has 1 saturated heterocycles. The predicted molar refractivity (Wildman–Crippen MR) is 130 cm³/mol. The summed E-state index contributed by atoms with van der Waals surface area (Å²) in [6, 6.07) is 20.2. The third-order valence-electron chi connectivity index (χ3n) is 6.91. The summed E-state index contributed by atoms with van der Waals surface area (Å²) in [6.45, 7) is 1.05. The number of non-ortho nitro benzene ring substituents is 1. The second kappa shape index (κ2) is 9.38. The van der Waals surface area contributed by atoms with Crippen LogP contribution in [-0.4, -0.2) is 47.4 Å². The lowest BCUT2D eigenvalue weighted by Crippen LogP contribution is -2.39. The van der Waals surface area contributed by atoms with Gasteiger partial charge in [-0.15, -0.1) is 0 Å². The Hall–Kier alpha value is -3.91. The third-order valence-corrected chi connectivity index (χ3v) is 6.91. The number of benzene rings is 3. The molecule has 8 nitrogen and oxygen atoms in total. The van der Waals surface area contributed by atoms with Gasteiger partial charge in [-0.3, -0.25) is 19.8 Å². The summed E-state index contributed by atoms with van der Waals surface area (Å²) in [7, 11) is 3.20. The smallest absolute Gasteiger partial charge is 0.269 e. The van der Waals surface area contributed by atoms with Crippen molar-refractivity contribution in [3.05, 3.63) is 99.1 Å². The third kappa shape index (κ3) is 4.21. The van der Waals surface area contributed by atoms with Crippen LogP contribution in [0.25, 0.3) is 0 Å². The Balaban J connectivity index is 1.53. The summed E-state index contributed by atoms with van der Waals surface area (Å²) in [5.74, 6) is 1.32. The summed E-state index contributed by atoms with van der Waals surface area (Å²) in [4.78, 5) is 28.9. The lowest BCUT2D eigenvalue weighted by atomic mass is 9.93. The minimum absolute atomic E-state index is 0.0187. The molecular formula is C27H27N3O5. The second-order valence-corrected chi connectivity index (χ2v) is 8.86. The molecule has 0 saturated carbocycles. The summed E-state index contributed by atoms with van der Waals surface area (Å²) in [5, 5.41) is 11.5. The second-order valence-electron chi connectivity index (χ2n) is 8.86. The highest BCUT2D eigenvalue weighted by Gasteiger charge is 2.48. The van der Waals surface area contributed by atoms with Gasteiger partial charge in [-0.05, 0) is 47.2 Å². The zero-order valence-electron chi connectivity index (χ0n) is 19.7. The van der Waals surface area contributed by atoms with E-state index in [9.17, 15) is 14.9 Å². The molecule has 2 heterocycles. The van der Waals surface area contributed by atoms with Gasteiger partial charge < -0.3 is 14.4 Å². The van der Waals surface area contributed by atoms with Crippen LogP contribution in [-0.2, 0) is 24.2 Å². The van der Waals surface area contributed by atoms with E-state index in [0.29, 0.717) is 37.4 Å². The van der Waals surface area contributed by atoms with Crippen LogP contribution in [0.3, 0.4) is 0 Å². The van der Waals surface area contributed by atoms with Gasteiger partial charge in [0.1, 0.15) is 6.17 Å². The predicted octanol–water partition coefficient (Wildman–Crippen LogP) is 4.12. The average molecular weight is 474 g/mol. The molecule has 0 spiro atoms. The zero-order chi connectivity index (χ0) is 24.5. The van der Waals surface area contributed by atoms with Gasteiger partial charge in [0, 0.05) is 25.2 Å². The Bertz CT molecular complexity index is 1260. The van der Waals surface area contributed by atoms with Crippen LogP contribution < -0.4 is 9.47 Å². The largest absolute Gasteiger partial charge is 0.493 e. The number of nitro groups is 1. The molecule has 0 N–H and O–H groups in total. The highest BCUT2D eigenvalue weighted by atomic mass is 16.6. The standard InChI is InChI=1S/C27H27N3O5/c1-34-24-15-20-14-23-27(31)28(12-11-18-7-4-3-5-8-18)26(19-9-6-10-22(13-19)30(32)33)29(23)17-21(20)16-25(24)35-2/h3-10,13,15-16,23,26H,11-12,14,17H2,1-2H3/t23-,26+/m0/s1. The molecule has 1 fully saturated rings. The molecule has 0 unspecified atom stereocenters. The molecule has 2 aliphatic rings. The van der Waals surface area contributed by atoms with E-state index >= 15 is 0 Å². The van der Waals surface area contributed by atoms with E-state index in [2.05, 4.69) is 4.90 Å². The minimum atomic E-state index is -0.394. The molecule has 0 radical (unpaired) electrons. The minimum Gasteiger partial charge on any atom is -0.493 e. The first-order valence-electron chi connectivity index (χ1n) is 11.6. The van der Waals surface area contributed by atoms with Crippen molar-refractivity contribution in [3.63, 3.8) is 0 Å². The Labute approximate surface area is 203 Å². The molecule has 2 atom stereocenters. The van der Waals surface area contributed by atoms with E-state index < -0.39 is 11.1 Å². The Morgan fingerprint density at radius 1 is 0.971 bits per heavy atom. The first-order chi connectivity index (χ1) is 17.0. The van der Waals surface area contributed by atoms with E-state index in [0.717, 1.165) is 22.3 Å². The number of methoxy groups -OCH3 is 2. The van der Waals surface area contributed by atoms with Gasteiger partial charge in [0.05, 0.1) is 25.2 Å². The number of carbonyl (C=O) groups excluding carboxylic acids is 1. The summed E-state index contributed by atoms with van der Waals surface area (Å²) in [6.07, 6.45) is 0.854. The monoisotopic (exact) mass is 473 g/mol. The van der Waals surface area contributed by atoms with Crippen LogP contribution in [0.1, 0.15) is 28.4 Å². The molecular weight excluding hydrogens is 446 g/mol. The molecule has 8 heteroatoms. The summed E-state index contributed by atoms with van der Waals surface area (Å²) >= 11 is 0. The molecule has 1 amide bonds. The normalized spacial score (nSPS) is 19.3. The van der Waals surface area contributed by atoms with Crippen LogP contribution in [0.4, 0.5) is 5.69 Å². The highest BCUT2D eigenvalue weighted by Crippen LogP contribution is 2.43. The summed E-state index contributed by atoms with van der Waals surface area (Å²) < 4.78 is 11.0. The Kier molecular flexibility index (Phi) is 6.13.